The van der Waals surface area contributed by atoms with Gasteiger partial charge in [0.25, 0.3) is 0 Å². The minimum atomic E-state index is -1.47. The van der Waals surface area contributed by atoms with Crippen molar-refractivity contribution in [2.24, 2.45) is 0 Å². The van der Waals surface area contributed by atoms with Gasteiger partial charge in [0.1, 0.15) is 0 Å². The Labute approximate surface area is 57.6 Å². The Balaban J connectivity index is 2.89. The van der Waals surface area contributed by atoms with E-state index in [1.54, 1.807) is 0 Å². The fraction of sp³-hybridized carbons (Fsp3) is 0.167. The Kier molecular flexibility index (Phi) is 1.84. The summed E-state index contributed by atoms with van der Waals surface area (Å²) in [7, 11) is 0. The summed E-state index contributed by atoms with van der Waals surface area (Å²) in [5.41, 5.74) is 0.352. The number of nitrogens with zero attached hydrogens (tertiary/aromatic N) is 1. The van der Waals surface area contributed by atoms with Crippen LogP contribution in [0.3, 0.4) is 0 Å². The van der Waals surface area contributed by atoms with Crippen molar-refractivity contribution < 1.29 is 20.2 Å². The number of aliphatic hydroxyl groups excluding tert-OH is 1. The summed E-state index contributed by atoms with van der Waals surface area (Å²) in [6.45, 7) is 0. The van der Waals surface area contributed by atoms with Gasteiger partial charge in [0.05, 0.1) is 0 Å². The summed E-state index contributed by atoms with van der Waals surface area (Å²) < 4.78 is 0.825. The van der Waals surface area contributed by atoms with E-state index in [1.807, 2.05) is 0 Å². The van der Waals surface area contributed by atoms with Crippen LogP contribution in [0.5, 0.6) is 0 Å². The van der Waals surface area contributed by atoms with E-state index in [0.29, 0.717) is 5.56 Å². The number of hydrogen-bond donors (Lipinski definition) is 3. The first-order chi connectivity index (χ1) is 4.70. The number of hydrogen-bond acceptors (Lipinski definition) is 3. The lowest BCUT2D eigenvalue weighted by Gasteiger charge is -1.98. The van der Waals surface area contributed by atoms with Crippen molar-refractivity contribution in [1.29, 1.82) is 0 Å². The molecule has 1 aromatic rings. The number of pyridine rings is 1. The Morgan fingerprint density at radius 1 is 1.20 bits per heavy atom. The maximum Gasteiger partial charge on any atom is 0.222 e. The van der Waals surface area contributed by atoms with Crippen LogP contribution < -0.4 is 4.73 Å². The second-order valence-corrected chi connectivity index (χ2v) is 1.89. The van der Waals surface area contributed by atoms with Crippen LogP contribution in [-0.4, -0.2) is 15.4 Å². The molecule has 0 aliphatic heterocycles. The maximum atomic E-state index is 8.69. The quantitative estimate of drug-likeness (QED) is 0.273. The zero-order chi connectivity index (χ0) is 7.56. The van der Waals surface area contributed by atoms with E-state index in [-0.39, 0.29) is 0 Å². The molecule has 3 N–H and O–H groups in total. The molecular weight excluding hydrogens is 134 g/mol. The zero-order valence-electron chi connectivity index (χ0n) is 5.18. The largest absolute Gasteiger partial charge is 0.364 e. The monoisotopic (exact) mass is 142 g/mol. The molecule has 0 unspecified atom stereocenters. The fourth-order valence-corrected chi connectivity index (χ4v) is 0.602. The highest BCUT2D eigenvalue weighted by Gasteiger charge is 2.03. The predicted octanol–water partition coefficient (Wildman–Crippen LogP) is -0.805. The van der Waals surface area contributed by atoms with Gasteiger partial charge < -0.3 is 10.2 Å². The molecule has 0 saturated heterocycles. The Hall–Kier alpha value is -1.13. The van der Waals surface area contributed by atoms with Crippen LogP contribution in [-0.2, 0) is 0 Å². The summed E-state index contributed by atoms with van der Waals surface area (Å²) in [4.78, 5) is 0. The van der Waals surface area contributed by atoms with E-state index in [4.69, 9.17) is 15.4 Å². The molecule has 4 nitrogen and oxygen atoms in total. The third-order valence-corrected chi connectivity index (χ3v) is 1.14. The smallest absolute Gasteiger partial charge is 0.222 e. The van der Waals surface area contributed by atoms with Crippen LogP contribution in [0, 0.1) is 0 Å². The Morgan fingerprint density at radius 3 is 2.10 bits per heavy atom. The molecule has 0 fully saturated rings. The third kappa shape index (κ3) is 1.43. The summed E-state index contributed by atoms with van der Waals surface area (Å²) in [6.07, 6.45) is 1.16. The molecule has 1 aromatic heterocycles. The summed E-state index contributed by atoms with van der Waals surface area (Å²) in [6, 6.07) is 2.81. The number of rotatable bonds is 1. The standard InChI is InChI=1S/C6H8NO3/c8-6(9)5-1-3-7(10)4-2-5/h1-4,6,8-10H/q+1. The molecule has 0 bridgehead atoms. The first kappa shape index (κ1) is 6.98. The highest BCUT2D eigenvalue weighted by atomic mass is 16.5. The van der Waals surface area contributed by atoms with Gasteiger partial charge in [-0.25, -0.2) is 0 Å². The average Bonchev–Trinajstić information content (AvgIpc) is 1.88. The van der Waals surface area contributed by atoms with Gasteiger partial charge >= 0.3 is 0 Å². The van der Waals surface area contributed by atoms with Gasteiger partial charge in [0.2, 0.25) is 12.4 Å². The average molecular weight is 142 g/mol. The van der Waals surface area contributed by atoms with Crippen LogP contribution in [0.2, 0.25) is 0 Å². The van der Waals surface area contributed by atoms with Crippen molar-refractivity contribution in [3.63, 3.8) is 0 Å². The van der Waals surface area contributed by atoms with Crippen LogP contribution in [0.25, 0.3) is 0 Å². The molecule has 1 heterocycles. The van der Waals surface area contributed by atoms with E-state index in [2.05, 4.69) is 0 Å². The first-order valence-electron chi connectivity index (χ1n) is 2.77. The summed E-state index contributed by atoms with van der Waals surface area (Å²) in [5, 5.41) is 25.9. The number of aromatic nitrogens is 1. The van der Waals surface area contributed by atoms with E-state index in [0.717, 1.165) is 4.73 Å². The Bertz CT molecular complexity index is 207. The van der Waals surface area contributed by atoms with E-state index in [9.17, 15) is 0 Å². The number of aliphatic hydroxyl groups is 2. The topological polar surface area (TPSA) is 64.6 Å². The second-order valence-electron chi connectivity index (χ2n) is 1.89. The lowest BCUT2D eigenvalue weighted by atomic mass is 10.3. The lowest BCUT2D eigenvalue weighted by Crippen LogP contribution is -2.28. The summed E-state index contributed by atoms with van der Waals surface area (Å²) in [5.74, 6) is 0. The van der Waals surface area contributed by atoms with Crippen LogP contribution in [0.4, 0.5) is 0 Å². The molecule has 0 aliphatic rings. The normalized spacial score (nSPS) is 10.3. The molecule has 54 valence electrons. The van der Waals surface area contributed by atoms with Gasteiger partial charge in [-0.3, -0.25) is 5.21 Å². The van der Waals surface area contributed by atoms with E-state index in [1.165, 1.54) is 24.5 Å². The van der Waals surface area contributed by atoms with Gasteiger partial charge in [-0.2, -0.15) is 0 Å². The van der Waals surface area contributed by atoms with Gasteiger partial charge in [-0.1, -0.05) is 0 Å². The fourth-order valence-electron chi connectivity index (χ4n) is 0.602. The molecule has 0 spiro atoms. The van der Waals surface area contributed by atoms with Gasteiger partial charge in [0.15, 0.2) is 6.29 Å². The van der Waals surface area contributed by atoms with Crippen LogP contribution >= 0.6 is 0 Å². The molecule has 1 rings (SSSR count). The first-order valence-corrected chi connectivity index (χ1v) is 2.77. The minimum Gasteiger partial charge on any atom is -0.364 e. The van der Waals surface area contributed by atoms with Crippen LogP contribution in [0.1, 0.15) is 11.9 Å². The molecule has 0 aromatic carbocycles. The lowest BCUT2D eigenvalue weighted by molar-refractivity contribution is -0.904. The van der Waals surface area contributed by atoms with Crippen molar-refractivity contribution in [2.45, 2.75) is 6.29 Å². The highest BCUT2D eigenvalue weighted by molar-refractivity contribution is 5.07. The molecule has 10 heavy (non-hydrogen) atoms. The second kappa shape index (κ2) is 2.64. The third-order valence-electron chi connectivity index (χ3n) is 1.14. The molecule has 0 radical (unpaired) electrons. The summed E-state index contributed by atoms with van der Waals surface area (Å²) >= 11 is 0. The van der Waals surface area contributed by atoms with Crippen molar-refractivity contribution in [3.05, 3.63) is 30.1 Å². The molecule has 0 saturated carbocycles. The van der Waals surface area contributed by atoms with E-state index < -0.39 is 6.29 Å². The Morgan fingerprint density at radius 2 is 1.70 bits per heavy atom. The molecule has 4 heteroatoms. The molecule has 0 aliphatic carbocycles. The zero-order valence-corrected chi connectivity index (χ0v) is 5.18. The van der Waals surface area contributed by atoms with Crippen molar-refractivity contribution in [2.75, 3.05) is 0 Å². The van der Waals surface area contributed by atoms with Crippen LogP contribution in [0.15, 0.2) is 24.5 Å². The minimum absolute atomic E-state index is 0.352. The van der Waals surface area contributed by atoms with Crippen molar-refractivity contribution in [1.82, 2.24) is 0 Å². The molecule has 0 amide bonds. The van der Waals surface area contributed by atoms with Crippen molar-refractivity contribution >= 4 is 0 Å². The maximum absolute atomic E-state index is 8.69. The van der Waals surface area contributed by atoms with E-state index >= 15 is 0 Å². The molecular formula is C6H8NO3+. The van der Waals surface area contributed by atoms with Gasteiger partial charge in [-0.05, 0) is 0 Å². The molecule has 0 atom stereocenters. The van der Waals surface area contributed by atoms with Gasteiger partial charge in [0, 0.05) is 22.4 Å². The SMILES string of the molecule is OC(O)c1cc[n+](O)cc1. The predicted molar refractivity (Wildman–Crippen MR) is 31.0 cm³/mol. The highest BCUT2D eigenvalue weighted by Crippen LogP contribution is 2.04. The van der Waals surface area contributed by atoms with Gasteiger partial charge in [-0.15, -0.1) is 0 Å². The van der Waals surface area contributed by atoms with Crippen molar-refractivity contribution in [3.8, 4) is 0 Å².